The molecule has 1 N–H and O–H groups in total. The van der Waals surface area contributed by atoms with Gasteiger partial charge in [0.15, 0.2) is 0 Å². The van der Waals surface area contributed by atoms with Crippen LogP contribution in [0.2, 0.25) is 0 Å². The van der Waals surface area contributed by atoms with Crippen LogP contribution in [-0.2, 0) is 13.0 Å². The minimum atomic E-state index is -0.156. The summed E-state index contributed by atoms with van der Waals surface area (Å²) in [5.74, 6) is 0.559. The van der Waals surface area contributed by atoms with Crippen molar-refractivity contribution in [2.45, 2.75) is 32.7 Å². The number of hydrogen-bond acceptors (Lipinski definition) is 3. The van der Waals surface area contributed by atoms with Crippen LogP contribution >= 0.6 is 0 Å². The highest BCUT2D eigenvalue weighted by Crippen LogP contribution is 2.18. The molecule has 2 aromatic rings. The van der Waals surface area contributed by atoms with Crippen molar-refractivity contribution in [3.63, 3.8) is 0 Å². The lowest BCUT2D eigenvalue weighted by Gasteiger charge is -2.34. The molecular formula is C20H29FN4. The summed E-state index contributed by atoms with van der Waals surface area (Å²) in [6.45, 7) is 7.45. The summed E-state index contributed by atoms with van der Waals surface area (Å²) in [7, 11) is 2.18. The molecule has 2 heterocycles. The van der Waals surface area contributed by atoms with E-state index in [-0.39, 0.29) is 5.82 Å². The molecule has 0 amide bonds. The van der Waals surface area contributed by atoms with E-state index in [1.807, 2.05) is 19.1 Å². The van der Waals surface area contributed by atoms with Gasteiger partial charge in [-0.2, -0.15) is 5.10 Å². The van der Waals surface area contributed by atoms with Crippen molar-refractivity contribution in [2.75, 3.05) is 33.2 Å². The summed E-state index contributed by atoms with van der Waals surface area (Å²) in [4.78, 5) is 4.94. The molecule has 0 radical (unpaired) electrons. The maximum atomic E-state index is 13.0. The van der Waals surface area contributed by atoms with Gasteiger partial charge in [-0.15, -0.1) is 0 Å². The zero-order valence-electron chi connectivity index (χ0n) is 15.3. The third kappa shape index (κ3) is 5.65. The van der Waals surface area contributed by atoms with Crippen LogP contribution < -0.4 is 0 Å². The van der Waals surface area contributed by atoms with Gasteiger partial charge in [0.1, 0.15) is 5.82 Å². The van der Waals surface area contributed by atoms with Gasteiger partial charge in [0.05, 0.1) is 5.69 Å². The van der Waals surface area contributed by atoms with Gasteiger partial charge in [-0.25, -0.2) is 4.39 Å². The van der Waals surface area contributed by atoms with E-state index in [2.05, 4.69) is 33.1 Å². The minimum absolute atomic E-state index is 0.156. The molecule has 1 aromatic carbocycles. The van der Waals surface area contributed by atoms with E-state index in [0.29, 0.717) is 5.92 Å². The quantitative estimate of drug-likeness (QED) is 0.837. The molecule has 1 saturated heterocycles. The number of likely N-dealkylation sites (tertiary alicyclic amines) is 1. The minimum Gasteiger partial charge on any atom is -0.303 e. The van der Waals surface area contributed by atoms with E-state index in [1.54, 1.807) is 12.1 Å². The second-order valence-corrected chi connectivity index (χ2v) is 7.42. The summed E-state index contributed by atoms with van der Waals surface area (Å²) in [6, 6.07) is 9.03. The number of aromatic amines is 1. The highest BCUT2D eigenvalue weighted by atomic mass is 19.1. The van der Waals surface area contributed by atoms with Crippen LogP contribution in [0.15, 0.2) is 30.3 Å². The van der Waals surface area contributed by atoms with Gasteiger partial charge < -0.3 is 9.80 Å². The van der Waals surface area contributed by atoms with Crippen molar-refractivity contribution in [3.05, 3.63) is 53.1 Å². The molecule has 0 saturated carbocycles. The van der Waals surface area contributed by atoms with Crippen LogP contribution in [0.5, 0.6) is 0 Å². The van der Waals surface area contributed by atoms with Crippen LogP contribution in [0.4, 0.5) is 4.39 Å². The zero-order valence-corrected chi connectivity index (χ0v) is 15.3. The summed E-state index contributed by atoms with van der Waals surface area (Å²) in [5.41, 5.74) is 3.45. The normalized spacial score (nSPS) is 18.8. The topological polar surface area (TPSA) is 35.2 Å². The number of rotatable bonds is 7. The number of benzene rings is 1. The van der Waals surface area contributed by atoms with Gasteiger partial charge in [-0.1, -0.05) is 12.1 Å². The van der Waals surface area contributed by atoms with Crippen molar-refractivity contribution < 1.29 is 4.39 Å². The van der Waals surface area contributed by atoms with Crippen molar-refractivity contribution in [3.8, 4) is 0 Å². The Bertz CT molecular complexity index is 652. The standard InChI is InChI=1S/C20H29FN4/c1-16-12-20(23-22-16)15-24(2)13-18-4-3-10-25(14-18)11-9-17-5-7-19(21)8-6-17/h5-8,12,18H,3-4,9-11,13-15H2,1-2H3,(H,22,23)/t18-/m1/s1. The second-order valence-electron chi connectivity index (χ2n) is 7.42. The van der Waals surface area contributed by atoms with Crippen LogP contribution in [0.3, 0.4) is 0 Å². The van der Waals surface area contributed by atoms with Crippen LogP contribution in [0.25, 0.3) is 0 Å². The third-order valence-corrected chi connectivity index (χ3v) is 4.99. The SMILES string of the molecule is Cc1cc(CN(C)C[C@H]2CCCN(CCc3ccc(F)cc3)C2)n[nH]1. The molecule has 1 aliphatic heterocycles. The Morgan fingerprint density at radius 3 is 2.84 bits per heavy atom. The molecule has 0 bridgehead atoms. The Hall–Kier alpha value is -1.72. The molecule has 1 aromatic heterocycles. The molecular weight excluding hydrogens is 315 g/mol. The Labute approximate surface area is 150 Å². The number of halogens is 1. The molecule has 1 atom stereocenters. The number of aryl methyl sites for hydroxylation is 1. The van der Waals surface area contributed by atoms with Gasteiger partial charge in [-0.05, 0) is 69.5 Å². The molecule has 1 fully saturated rings. The van der Waals surface area contributed by atoms with E-state index < -0.39 is 0 Å². The average Bonchev–Trinajstić information content (AvgIpc) is 2.99. The molecule has 136 valence electrons. The van der Waals surface area contributed by atoms with E-state index in [9.17, 15) is 4.39 Å². The molecule has 1 aliphatic rings. The number of nitrogens with one attached hydrogen (secondary N) is 1. The number of piperidine rings is 1. The van der Waals surface area contributed by atoms with Crippen LogP contribution in [0.1, 0.15) is 29.8 Å². The highest BCUT2D eigenvalue weighted by molar-refractivity contribution is 5.16. The fourth-order valence-electron chi connectivity index (χ4n) is 3.78. The summed E-state index contributed by atoms with van der Waals surface area (Å²) in [5, 5.41) is 7.34. The number of nitrogens with zero attached hydrogens (tertiary/aromatic N) is 3. The first-order valence-corrected chi connectivity index (χ1v) is 9.25. The Morgan fingerprint density at radius 2 is 2.12 bits per heavy atom. The number of H-pyrrole nitrogens is 1. The van der Waals surface area contributed by atoms with Crippen LogP contribution in [-0.4, -0.2) is 53.2 Å². The number of hydrogen-bond donors (Lipinski definition) is 1. The summed E-state index contributed by atoms with van der Waals surface area (Å²) in [6.07, 6.45) is 3.57. The fraction of sp³-hybridized carbons (Fsp3) is 0.550. The first-order valence-electron chi connectivity index (χ1n) is 9.25. The van der Waals surface area contributed by atoms with Crippen LogP contribution in [0, 0.1) is 18.7 Å². The Morgan fingerprint density at radius 1 is 1.32 bits per heavy atom. The molecule has 0 spiro atoms. The molecule has 5 heteroatoms. The van der Waals surface area contributed by atoms with Crippen molar-refractivity contribution in [2.24, 2.45) is 5.92 Å². The fourth-order valence-corrected chi connectivity index (χ4v) is 3.78. The van der Waals surface area contributed by atoms with Gasteiger partial charge >= 0.3 is 0 Å². The molecule has 25 heavy (non-hydrogen) atoms. The Balaban J connectivity index is 1.43. The first kappa shape index (κ1) is 18.1. The number of aromatic nitrogens is 2. The maximum Gasteiger partial charge on any atom is 0.123 e. The highest BCUT2D eigenvalue weighted by Gasteiger charge is 2.21. The predicted molar refractivity (Wildman–Crippen MR) is 98.9 cm³/mol. The second kappa shape index (κ2) is 8.59. The van der Waals surface area contributed by atoms with E-state index in [1.165, 1.54) is 24.9 Å². The monoisotopic (exact) mass is 344 g/mol. The predicted octanol–water partition coefficient (Wildman–Crippen LogP) is 3.24. The molecule has 4 nitrogen and oxygen atoms in total. The Kier molecular flexibility index (Phi) is 6.21. The lowest BCUT2D eigenvalue weighted by molar-refractivity contribution is 0.142. The van der Waals surface area contributed by atoms with Gasteiger partial charge in [0, 0.05) is 31.9 Å². The zero-order chi connectivity index (χ0) is 17.6. The van der Waals surface area contributed by atoms with E-state index in [0.717, 1.165) is 44.0 Å². The maximum absolute atomic E-state index is 13.0. The van der Waals surface area contributed by atoms with E-state index in [4.69, 9.17) is 0 Å². The molecule has 0 aliphatic carbocycles. The summed E-state index contributed by atoms with van der Waals surface area (Å²) >= 11 is 0. The largest absolute Gasteiger partial charge is 0.303 e. The van der Waals surface area contributed by atoms with E-state index >= 15 is 0 Å². The van der Waals surface area contributed by atoms with Crippen molar-refractivity contribution in [1.29, 1.82) is 0 Å². The lowest BCUT2D eigenvalue weighted by Crippen LogP contribution is -2.40. The molecule has 3 rings (SSSR count). The van der Waals surface area contributed by atoms with Crippen molar-refractivity contribution in [1.82, 2.24) is 20.0 Å². The first-order chi connectivity index (χ1) is 12.1. The van der Waals surface area contributed by atoms with Crippen molar-refractivity contribution >= 4 is 0 Å². The lowest BCUT2D eigenvalue weighted by atomic mass is 9.97. The summed E-state index contributed by atoms with van der Waals surface area (Å²) < 4.78 is 13.0. The average molecular weight is 344 g/mol. The molecule has 0 unspecified atom stereocenters. The van der Waals surface area contributed by atoms with Gasteiger partial charge in [-0.3, -0.25) is 5.10 Å². The van der Waals surface area contributed by atoms with Gasteiger partial charge in [0.25, 0.3) is 0 Å². The smallest absolute Gasteiger partial charge is 0.123 e. The van der Waals surface area contributed by atoms with Gasteiger partial charge in [0.2, 0.25) is 0 Å². The third-order valence-electron chi connectivity index (χ3n) is 4.99.